The molecule has 1 atom stereocenters. The fourth-order valence-corrected chi connectivity index (χ4v) is 5.23. The molecule has 0 fully saturated rings. The van der Waals surface area contributed by atoms with Gasteiger partial charge in [-0.1, -0.05) is 59.4 Å². The van der Waals surface area contributed by atoms with Crippen LogP contribution in [-0.4, -0.2) is 29.3 Å². The highest BCUT2D eigenvalue weighted by Gasteiger charge is 2.29. The molecule has 0 bridgehead atoms. The van der Waals surface area contributed by atoms with Crippen LogP contribution in [0.1, 0.15) is 31.4 Å². The van der Waals surface area contributed by atoms with Crippen LogP contribution in [0.5, 0.6) is 0 Å². The van der Waals surface area contributed by atoms with E-state index in [2.05, 4.69) is 9.88 Å². The number of fused-ring (bicyclic) bond motifs is 3. The number of nitrogens with one attached hydrogen (secondary N) is 1. The van der Waals surface area contributed by atoms with Crippen LogP contribution in [0.2, 0.25) is 20.1 Å². The van der Waals surface area contributed by atoms with E-state index in [0.29, 0.717) is 50.2 Å². The number of methoxy groups -OCH3 is 1. The molecule has 2 aromatic carbocycles. The summed E-state index contributed by atoms with van der Waals surface area (Å²) in [4.78, 5) is 18.7. The van der Waals surface area contributed by atoms with E-state index in [1.54, 1.807) is 18.2 Å². The molecule has 1 amide bonds. The van der Waals surface area contributed by atoms with Crippen molar-refractivity contribution in [3.63, 3.8) is 0 Å². The Morgan fingerprint density at radius 2 is 1.87 bits per heavy atom. The monoisotopic (exact) mass is 500 g/mol. The number of ether oxygens (including phenoxy) is 1. The number of hydrogen-bond donors (Lipinski definition) is 1. The molecule has 3 aromatic rings. The van der Waals surface area contributed by atoms with Gasteiger partial charge in [0.15, 0.2) is 0 Å². The molecule has 0 saturated carbocycles. The first-order valence-corrected chi connectivity index (χ1v) is 11.3. The number of halogens is 4. The largest absolute Gasteiger partial charge is 0.453 e. The molecule has 31 heavy (non-hydrogen) atoms. The molecule has 1 aliphatic heterocycles. The number of aryl methyl sites for hydroxylation is 1. The van der Waals surface area contributed by atoms with Crippen molar-refractivity contribution in [2.75, 3.05) is 18.6 Å². The van der Waals surface area contributed by atoms with E-state index in [9.17, 15) is 4.79 Å². The summed E-state index contributed by atoms with van der Waals surface area (Å²) in [5, 5.41) is 4.78. The summed E-state index contributed by atoms with van der Waals surface area (Å²) in [6.07, 6.45) is 1.03. The quantitative estimate of drug-likeness (QED) is 0.418. The van der Waals surface area contributed by atoms with Crippen molar-refractivity contribution >= 4 is 75.2 Å². The molecule has 0 spiro atoms. The molecular formula is C21H20Cl4N4O2. The first-order chi connectivity index (χ1) is 14.8. The predicted molar refractivity (Wildman–Crippen MR) is 126 cm³/mol. The maximum atomic E-state index is 11.9. The van der Waals surface area contributed by atoms with Crippen LogP contribution < -0.4 is 10.2 Å². The summed E-state index contributed by atoms with van der Waals surface area (Å²) in [7, 11) is 1.34. The minimum atomic E-state index is -0.491. The third-order valence-electron chi connectivity index (χ3n) is 5.37. The van der Waals surface area contributed by atoms with Gasteiger partial charge in [-0.15, -0.1) is 0 Å². The molecule has 10 heteroatoms. The van der Waals surface area contributed by atoms with Gasteiger partial charge in [-0.05, 0) is 31.0 Å². The van der Waals surface area contributed by atoms with Gasteiger partial charge in [0.05, 0.1) is 39.4 Å². The van der Waals surface area contributed by atoms with Gasteiger partial charge in [0.25, 0.3) is 0 Å². The third-order valence-corrected chi connectivity index (χ3v) is 6.47. The molecule has 164 valence electrons. The number of benzene rings is 2. The van der Waals surface area contributed by atoms with E-state index in [4.69, 9.17) is 56.1 Å². The zero-order valence-corrected chi connectivity index (χ0v) is 19.9. The Balaban J connectivity index is 1.91. The lowest BCUT2D eigenvalue weighted by atomic mass is 10.0. The number of hydrogen-bond acceptors (Lipinski definition) is 4. The predicted octanol–water partition coefficient (Wildman–Crippen LogP) is 7.00. The number of aromatic nitrogens is 2. The van der Waals surface area contributed by atoms with E-state index in [1.807, 2.05) is 17.9 Å². The first-order valence-electron chi connectivity index (χ1n) is 9.80. The number of alkyl carbamates (subject to hydrolysis) is 1. The molecule has 0 saturated heterocycles. The number of anilines is 2. The lowest BCUT2D eigenvalue weighted by Gasteiger charge is -2.31. The minimum absolute atomic E-state index is 0.258. The minimum Gasteiger partial charge on any atom is -0.453 e. The van der Waals surface area contributed by atoms with Crippen molar-refractivity contribution in [1.82, 2.24) is 14.9 Å². The summed E-state index contributed by atoms with van der Waals surface area (Å²) >= 11 is 25.6. The van der Waals surface area contributed by atoms with E-state index < -0.39 is 6.09 Å². The van der Waals surface area contributed by atoms with Gasteiger partial charge in [0.1, 0.15) is 5.52 Å². The SMILES string of the molecule is CCC(NC(=O)OC)c1ccc(Cl)c2nc3n(c12)CCCN3c1c(Cl)cc(Cl)cc1Cl. The number of amides is 1. The van der Waals surface area contributed by atoms with Gasteiger partial charge in [0, 0.05) is 23.7 Å². The molecule has 0 aliphatic carbocycles. The van der Waals surface area contributed by atoms with Crippen LogP contribution in [0.4, 0.5) is 16.4 Å². The molecule has 1 aromatic heterocycles. The van der Waals surface area contributed by atoms with Crippen LogP contribution in [-0.2, 0) is 11.3 Å². The Kier molecular flexibility index (Phi) is 6.44. The first kappa shape index (κ1) is 22.3. The van der Waals surface area contributed by atoms with Gasteiger partial charge in [-0.2, -0.15) is 0 Å². The summed E-state index contributed by atoms with van der Waals surface area (Å²) in [5.74, 6) is 0.689. The molecule has 6 nitrogen and oxygen atoms in total. The molecule has 2 heterocycles. The van der Waals surface area contributed by atoms with E-state index >= 15 is 0 Å². The molecule has 1 unspecified atom stereocenters. The second-order valence-corrected chi connectivity index (χ2v) is 8.88. The van der Waals surface area contributed by atoms with Crippen molar-refractivity contribution in [3.05, 3.63) is 49.9 Å². The molecule has 4 rings (SSSR count). The Labute approximate surface area is 200 Å². The van der Waals surface area contributed by atoms with E-state index in [-0.39, 0.29) is 6.04 Å². The van der Waals surface area contributed by atoms with Crippen molar-refractivity contribution in [2.24, 2.45) is 0 Å². The van der Waals surface area contributed by atoms with Crippen molar-refractivity contribution in [1.29, 1.82) is 0 Å². The highest BCUT2D eigenvalue weighted by Crippen LogP contribution is 2.43. The topological polar surface area (TPSA) is 59.4 Å². The maximum Gasteiger partial charge on any atom is 0.407 e. The van der Waals surface area contributed by atoms with Crippen molar-refractivity contribution in [2.45, 2.75) is 32.4 Å². The number of carbonyl (C=O) groups is 1. The molecule has 1 N–H and O–H groups in total. The lowest BCUT2D eigenvalue weighted by molar-refractivity contribution is 0.166. The Morgan fingerprint density at radius 3 is 2.52 bits per heavy atom. The van der Waals surface area contributed by atoms with Crippen LogP contribution in [0.3, 0.4) is 0 Å². The molecule has 0 radical (unpaired) electrons. The molecule has 1 aliphatic rings. The van der Waals surface area contributed by atoms with Crippen LogP contribution in [0, 0.1) is 0 Å². The van der Waals surface area contributed by atoms with Crippen LogP contribution >= 0.6 is 46.4 Å². The van der Waals surface area contributed by atoms with Crippen LogP contribution in [0.25, 0.3) is 11.0 Å². The Hall–Kier alpha value is -1.86. The van der Waals surface area contributed by atoms with Gasteiger partial charge >= 0.3 is 6.09 Å². The van der Waals surface area contributed by atoms with Gasteiger partial charge < -0.3 is 19.5 Å². The lowest BCUT2D eigenvalue weighted by Crippen LogP contribution is -2.30. The van der Waals surface area contributed by atoms with E-state index in [0.717, 1.165) is 24.0 Å². The van der Waals surface area contributed by atoms with E-state index in [1.165, 1.54) is 7.11 Å². The Bertz CT molecular complexity index is 1140. The summed E-state index contributed by atoms with van der Waals surface area (Å²) < 4.78 is 6.90. The fraction of sp³-hybridized carbons (Fsp3) is 0.333. The second-order valence-electron chi connectivity index (χ2n) is 7.22. The number of carbonyl (C=O) groups excluding carboxylic acids is 1. The number of imidazole rings is 1. The summed E-state index contributed by atoms with van der Waals surface area (Å²) in [6, 6.07) is 6.79. The molecular weight excluding hydrogens is 482 g/mol. The average Bonchev–Trinajstić information content (AvgIpc) is 3.13. The zero-order valence-electron chi connectivity index (χ0n) is 16.9. The standard InChI is InChI=1S/C21H20Cl4N4O2/c1-3-16(26-21(30)31-2)12-5-6-13(23)17-18(12)28-7-4-8-29(20(28)27-17)19-14(24)9-11(22)10-15(19)25/h5-6,9-10,16H,3-4,7-8H2,1-2H3,(H,26,30). The fourth-order valence-electron chi connectivity index (χ4n) is 4.01. The smallest absolute Gasteiger partial charge is 0.407 e. The number of nitrogens with zero attached hydrogens (tertiary/aromatic N) is 3. The van der Waals surface area contributed by atoms with Crippen molar-refractivity contribution < 1.29 is 9.53 Å². The zero-order chi connectivity index (χ0) is 22.3. The highest BCUT2D eigenvalue weighted by atomic mass is 35.5. The van der Waals surface area contributed by atoms with Crippen molar-refractivity contribution in [3.8, 4) is 0 Å². The summed E-state index contributed by atoms with van der Waals surface area (Å²) in [5.41, 5.74) is 3.10. The van der Waals surface area contributed by atoms with Gasteiger partial charge in [-0.3, -0.25) is 0 Å². The highest BCUT2D eigenvalue weighted by molar-refractivity contribution is 6.42. The maximum absolute atomic E-state index is 11.9. The van der Waals surface area contributed by atoms with Crippen LogP contribution in [0.15, 0.2) is 24.3 Å². The third kappa shape index (κ3) is 4.02. The second kappa shape index (κ2) is 8.94. The van der Waals surface area contributed by atoms with Gasteiger partial charge in [0.2, 0.25) is 5.95 Å². The van der Waals surface area contributed by atoms with Gasteiger partial charge in [-0.25, -0.2) is 9.78 Å². The normalized spacial score (nSPS) is 14.5. The average molecular weight is 502 g/mol. The Morgan fingerprint density at radius 1 is 1.16 bits per heavy atom. The summed E-state index contributed by atoms with van der Waals surface area (Å²) in [6.45, 7) is 3.43. The number of rotatable bonds is 4.